The van der Waals surface area contributed by atoms with E-state index < -0.39 is 5.54 Å². The summed E-state index contributed by atoms with van der Waals surface area (Å²) in [7, 11) is 0. The van der Waals surface area contributed by atoms with E-state index in [1.165, 1.54) is 0 Å². The van der Waals surface area contributed by atoms with Gasteiger partial charge >= 0.3 is 0 Å². The summed E-state index contributed by atoms with van der Waals surface area (Å²) >= 11 is 5.69. The molecule has 3 aromatic carbocycles. The molecule has 27 heavy (non-hydrogen) atoms. The molecule has 2 N–H and O–H groups in total. The Morgan fingerprint density at radius 1 is 0.741 bits per heavy atom. The molecule has 0 heterocycles. The van der Waals surface area contributed by atoms with E-state index in [4.69, 9.17) is 12.2 Å². The van der Waals surface area contributed by atoms with Gasteiger partial charge in [-0.25, -0.2) is 0 Å². The summed E-state index contributed by atoms with van der Waals surface area (Å²) in [6.07, 6.45) is 2.23. The Bertz CT molecular complexity index is 735. The average Bonchev–Trinajstić information content (AvgIpc) is 2.74. The van der Waals surface area contributed by atoms with Crippen molar-refractivity contribution < 1.29 is 0 Å². The summed E-state index contributed by atoms with van der Waals surface area (Å²) in [4.78, 5) is 0. The van der Waals surface area contributed by atoms with Gasteiger partial charge < -0.3 is 10.6 Å². The molecule has 0 saturated carbocycles. The molecule has 0 saturated heterocycles. The van der Waals surface area contributed by atoms with Gasteiger partial charge in [0.15, 0.2) is 5.11 Å². The second-order valence-corrected chi connectivity index (χ2v) is 6.99. The minimum Gasteiger partial charge on any atom is -0.363 e. The number of unbranched alkanes of at least 4 members (excludes halogenated alkanes) is 1. The van der Waals surface area contributed by atoms with Crippen molar-refractivity contribution in [1.82, 2.24) is 10.6 Å². The molecule has 0 bridgehead atoms. The quantitative estimate of drug-likeness (QED) is 0.336. The fourth-order valence-electron chi connectivity index (χ4n) is 3.37. The van der Waals surface area contributed by atoms with Crippen molar-refractivity contribution in [3.8, 4) is 0 Å². The maximum Gasteiger partial charge on any atom is 0.167 e. The predicted molar refractivity (Wildman–Crippen MR) is 118 cm³/mol. The van der Waals surface area contributed by atoms with Crippen LogP contribution >= 0.6 is 12.2 Å². The molecule has 0 spiro atoms. The zero-order valence-electron chi connectivity index (χ0n) is 15.7. The van der Waals surface area contributed by atoms with E-state index in [1.807, 2.05) is 18.2 Å². The normalized spacial score (nSPS) is 11.0. The van der Waals surface area contributed by atoms with Crippen LogP contribution in [0.25, 0.3) is 0 Å². The van der Waals surface area contributed by atoms with Gasteiger partial charge in [0.1, 0.15) is 5.54 Å². The molecule has 0 aliphatic rings. The van der Waals surface area contributed by atoms with Gasteiger partial charge in [-0.2, -0.15) is 0 Å². The molecule has 0 aromatic heterocycles. The van der Waals surface area contributed by atoms with Crippen molar-refractivity contribution in [2.24, 2.45) is 0 Å². The first-order valence-corrected chi connectivity index (χ1v) is 9.91. The van der Waals surface area contributed by atoms with Crippen LogP contribution in [0.2, 0.25) is 0 Å². The van der Waals surface area contributed by atoms with Crippen molar-refractivity contribution in [1.29, 1.82) is 0 Å². The van der Waals surface area contributed by atoms with Crippen LogP contribution in [0.3, 0.4) is 0 Å². The van der Waals surface area contributed by atoms with E-state index in [2.05, 4.69) is 90.4 Å². The van der Waals surface area contributed by atoms with Gasteiger partial charge in [0.25, 0.3) is 0 Å². The Morgan fingerprint density at radius 3 is 1.52 bits per heavy atom. The average molecular weight is 375 g/mol. The number of nitrogens with one attached hydrogen (secondary N) is 2. The molecule has 3 rings (SSSR count). The van der Waals surface area contributed by atoms with Crippen LogP contribution in [0, 0.1) is 0 Å². The summed E-state index contributed by atoms with van der Waals surface area (Å²) in [6, 6.07) is 31.5. The van der Waals surface area contributed by atoms with Gasteiger partial charge in [0.05, 0.1) is 0 Å². The molecule has 138 valence electrons. The zero-order valence-corrected chi connectivity index (χ0v) is 16.5. The third kappa shape index (κ3) is 4.37. The monoisotopic (exact) mass is 374 g/mol. The minimum atomic E-state index is -0.555. The molecular weight excluding hydrogens is 348 g/mol. The minimum absolute atomic E-state index is 0.555. The highest BCUT2D eigenvalue weighted by molar-refractivity contribution is 7.80. The van der Waals surface area contributed by atoms with E-state index >= 15 is 0 Å². The topological polar surface area (TPSA) is 24.1 Å². The molecule has 3 heteroatoms. The summed E-state index contributed by atoms with van der Waals surface area (Å²) in [6.45, 7) is 3.05. The molecule has 0 amide bonds. The predicted octanol–water partition coefficient (Wildman–Crippen LogP) is 5.24. The van der Waals surface area contributed by atoms with E-state index in [0.29, 0.717) is 5.11 Å². The maximum absolute atomic E-state index is 5.69. The Labute approximate surface area is 167 Å². The van der Waals surface area contributed by atoms with Crippen LogP contribution in [0.15, 0.2) is 91.0 Å². The first kappa shape index (κ1) is 19.1. The Hall–Kier alpha value is -2.65. The summed E-state index contributed by atoms with van der Waals surface area (Å²) in [5, 5.41) is 7.69. The lowest BCUT2D eigenvalue weighted by Crippen LogP contribution is -2.51. The molecule has 0 aliphatic heterocycles. The van der Waals surface area contributed by atoms with Crippen molar-refractivity contribution in [2.45, 2.75) is 25.3 Å². The van der Waals surface area contributed by atoms with Crippen molar-refractivity contribution in [3.05, 3.63) is 108 Å². The van der Waals surface area contributed by atoms with Crippen LogP contribution in [0.5, 0.6) is 0 Å². The van der Waals surface area contributed by atoms with Gasteiger partial charge in [-0.3, -0.25) is 0 Å². The number of thiocarbonyl (C=S) groups is 1. The van der Waals surface area contributed by atoms with E-state index in [9.17, 15) is 0 Å². The molecule has 2 nitrogen and oxygen atoms in total. The van der Waals surface area contributed by atoms with Crippen molar-refractivity contribution in [3.63, 3.8) is 0 Å². The maximum atomic E-state index is 5.69. The third-order valence-electron chi connectivity index (χ3n) is 4.74. The van der Waals surface area contributed by atoms with Gasteiger partial charge in [0.2, 0.25) is 0 Å². The van der Waals surface area contributed by atoms with Gasteiger partial charge in [-0.05, 0) is 35.3 Å². The Morgan fingerprint density at radius 2 is 1.15 bits per heavy atom. The fourth-order valence-corrected chi connectivity index (χ4v) is 3.63. The summed E-state index contributed by atoms with van der Waals surface area (Å²) in [5.74, 6) is 0. The fraction of sp³-hybridized carbons (Fsp3) is 0.208. The highest BCUT2D eigenvalue weighted by Gasteiger charge is 2.36. The standard InChI is InChI=1S/C24H26N2S/c1-2-3-19-25-23(27)26-24(20-13-7-4-8-14-20,21-15-9-5-10-16-21)22-17-11-6-12-18-22/h4-18H,2-3,19H2,1H3,(H2,25,26,27). The molecule has 0 atom stereocenters. The molecule has 3 aromatic rings. The van der Waals surface area contributed by atoms with Gasteiger partial charge in [0, 0.05) is 6.54 Å². The molecular formula is C24H26N2S. The first-order chi connectivity index (χ1) is 13.3. The van der Waals surface area contributed by atoms with Crippen molar-refractivity contribution in [2.75, 3.05) is 6.54 Å². The Balaban J connectivity index is 2.12. The van der Waals surface area contributed by atoms with Gasteiger partial charge in [-0.15, -0.1) is 0 Å². The smallest absolute Gasteiger partial charge is 0.167 e. The van der Waals surface area contributed by atoms with Gasteiger partial charge in [-0.1, -0.05) is 104 Å². The highest BCUT2D eigenvalue weighted by Crippen LogP contribution is 2.36. The number of rotatable bonds is 7. The molecule has 0 radical (unpaired) electrons. The van der Waals surface area contributed by atoms with Crippen LogP contribution in [0.1, 0.15) is 36.5 Å². The third-order valence-corrected chi connectivity index (χ3v) is 4.98. The van der Waals surface area contributed by atoms with E-state index in [1.54, 1.807) is 0 Å². The SMILES string of the molecule is CCCCNC(=S)NC(c1ccccc1)(c1ccccc1)c1ccccc1. The first-order valence-electron chi connectivity index (χ1n) is 9.50. The lowest BCUT2D eigenvalue weighted by molar-refractivity contribution is 0.565. The largest absolute Gasteiger partial charge is 0.363 e. The number of benzene rings is 3. The molecule has 0 aliphatic carbocycles. The van der Waals surface area contributed by atoms with E-state index in [-0.39, 0.29) is 0 Å². The highest BCUT2D eigenvalue weighted by atomic mass is 32.1. The number of hydrogen-bond donors (Lipinski definition) is 2. The van der Waals surface area contributed by atoms with Crippen LogP contribution in [0.4, 0.5) is 0 Å². The molecule has 0 unspecified atom stereocenters. The van der Waals surface area contributed by atoms with Crippen molar-refractivity contribution >= 4 is 17.3 Å². The molecule has 0 fully saturated rings. The van der Waals surface area contributed by atoms with Crippen LogP contribution in [-0.4, -0.2) is 11.7 Å². The lowest BCUT2D eigenvalue weighted by atomic mass is 9.77. The zero-order chi connectivity index (χ0) is 19.0. The second-order valence-electron chi connectivity index (χ2n) is 6.58. The summed E-state index contributed by atoms with van der Waals surface area (Å²) < 4.78 is 0. The lowest BCUT2D eigenvalue weighted by Gasteiger charge is -2.38. The number of hydrogen-bond acceptors (Lipinski definition) is 1. The van der Waals surface area contributed by atoms with Crippen LogP contribution in [-0.2, 0) is 5.54 Å². The Kier molecular flexibility index (Phi) is 6.61. The summed E-state index contributed by atoms with van der Waals surface area (Å²) in [5.41, 5.74) is 2.91. The van der Waals surface area contributed by atoms with Crippen LogP contribution < -0.4 is 10.6 Å². The second kappa shape index (κ2) is 9.33. The van der Waals surface area contributed by atoms with E-state index in [0.717, 1.165) is 36.1 Å².